The Morgan fingerprint density at radius 1 is 1.26 bits per heavy atom. The summed E-state index contributed by atoms with van der Waals surface area (Å²) >= 11 is 0. The molecule has 1 rings (SSSR count). The normalized spacial score (nSPS) is 18.8. The lowest BCUT2D eigenvalue weighted by atomic mass is 10.2. The van der Waals surface area contributed by atoms with Gasteiger partial charge in [-0.3, -0.25) is 14.9 Å². The zero-order valence-electron chi connectivity index (χ0n) is 12.3. The van der Waals surface area contributed by atoms with Gasteiger partial charge in [0.2, 0.25) is 11.8 Å². The van der Waals surface area contributed by atoms with Crippen molar-refractivity contribution in [3.63, 3.8) is 0 Å². The highest BCUT2D eigenvalue weighted by Crippen LogP contribution is 2.02. The lowest BCUT2D eigenvalue weighted by Gasteiger charge is -2.31. The molecule has 0 radical (unpaired) electrons. The molecule has 0 aromatic carbocycles. The minimum absolute atomic E-state index is 0.00382. The van der Waals surface area contributed by atoms with Gasteiger partial charge in [-0.1, -0.05) is 0 Å². The fourth-order valence-electron chi connectivity index (χ4n) is 2.06. The zero-order valence-corrected chi connectivity index (χ0v) is 12.3. The van der Waals surface area contributed by atoms with Crippen LogP contribution in [0.3, 0.4) is 0 Å². The number of carbonyl (C=O) groups excluding carboxylic acids is 2. The maximum absolute atomic E-state index is 12.2. The van der Waals surface area contributed by atoms with Crippen molar-refractivity contribution < 1.29 is 14.3 Å². The van der Waals surface area contributed by atoms with Crippen LogP contribution in [-0.4, -0.2) is 73.6 Å². The maximum atomic E-state index is 12.2. The SMILES string of the molecule is CCN(C)C(=O)C(C)NC(C)C(=O)N1CCOCC1. The van der Waals surface area contributed by atoms with Gasteiger partial charge < -0.3 is 14.5 Å². The minimum atomic E-state index is -0.359. The second kappa shape index (κ2) is 7.45. The van der Waals surface area contributed by atoms with E-state index >= 15 is 0 Å². The van der Waals surface area contributed by atoms with E-state index in [1.807, 2.05) is 6.92 Å². The van der Waals surface area contributed by atoms with Crippen LogP contribution in [0.25, 0.3) is 0 Å². The molecule has 1 saturated heterocycles. The van der Waals surface area contributed by atoms with Crippen molar-refractivity contribution in [2.24, 2.45) is 0 Å². The first-order valence-corrected chi connectivity index (χ1v) is 6.85. The number of likely N-dealkylation sites (N-methyl/N-ethyl adjacent to an activating group) is 1. The topological polar surface area (TPSA) is 61.9 Å². The van der Waals surface area contributed by atoms with Gasteiger partial charge >= 0.3 is 0 Å². The first kappa shape index (κ1) is 15.9. The predicted octanol–water partition coefficient (Wildman–Crippen LogP) is -0.310. The van der Waals surface area contributed by atoms with E-state index < -0.39 is 0 Å². The third-order valence-corrected chi connectivity index (χ3v) is 3.41. The molecule has 1 N–H and O–H groups in total. The minimum Gasteiger partial charge on any atom is -0.378 e. The van der Waals surface area contributed by atoms with Crippen LogP contribution in [0.4, 0.5) is 0 Å². The number of nitrogens with one attached hydrogen (secondary N) is 1. The van der Waals surface area contributed by atoms with E-state index in [1.54, 1.807) is 30.7 Å². The smallest absolute Gasteiger partial charge is 0.239 e. The van der Waals surface area contributed by atoms with E-state index in [0.29, 0.717) is 32.8 Å². The molecule has 0 saturated carbocycles. The molecule has 1 heterocycles. The van der Waals surface area contributed by atoms with Crippen molar-refractivity contribution in [3.05, 3.63) is 0 Å². The van der Waals surface area contributed by atoms with E-state index in [-0.39, 0.29) is 23.9 Å². The zero-order chi connectivity index (χ0) is 14.4. The molecule has 6 nitrogen and oxygen atoms in total. The third-order valence-electron chi connectivity index (χ3n) is 3.41. The Kier molecular flexibility index (Phi) is 6.24. The van der Waals surface area contributed by atoms with Crippen LogP contribution in [0.5, 0.6) is 0 Å². The van der Waals surface area contributed by atoms with Crippen LogP contribution in [0.1, 0.15) is 20.8 Å². The Bertz CT molecular complexity index is 316. The summed E-state index contributed by atoms with van der Waals surface area (Å²) in [6.45, 7) is 8.61. The van der Waals surface area contributed by atoms with E-state index in [0.717, 1.165) is 0 Å². The molecule has 1 aliphatic rings. The molecule has 0 aromatic rings. The van der Waals surface area contributed by atoms with Gasteiger partial charge in [0.25, 0.3) is 0 Å². The monoisotopic (exact) mass is 271 g/mol. The van der Waals surface area contributed by atoms with Gasteiger partial charge in [0.05, 0.1) is 25.3 Å². The predicted molar refractivity (Wildman–Crippen MR) is 72.8 cm³/mol. The van der Waals surface area contributed by atoms with Crippen molar-refractivity contribution in [1.29, 1.82) is 0 Å². The Hall–Kier alpha value is -1.14. The lowest BCUT2D eigenvalue weighted by molar-refractivity contribution is -0.138. The Morgan fingerprint density at radius 3 is 2.37 bits per heavy atom. The number of hydrogen-bond donors (Lipinski definition) is 1. The third kappa shape index (κ3) is 4.47. The van der Waals surface area contributed by atoms with Gasteiger partial charge in [0.1, 0.15) is 0 Å². The van der Waals surface area contributed by atoms with E-state index in [2.05, 4.69) is 5.32 Å². The largest absolute Gasteiger partial charge is 0.378 e. The summed E-state index contributed by atoms with van der Waals surface area (Å²) < 4.78 is 5.22. The van der Waals surface area contributed by atoms with Crippen molar-refractivity contribution in [3.8, 4) is 0 Å². The molecule has 0 spiro atoms. The summed E-state index contributed by atoms with van der Waals surface area (Å²) in [6.07, 6.45) is 0. The van der Waals surface area contributed by atoms with E-state index in [4.69, 9.17) is 4.74 Å². The van der Waals surface area contributed by atoms with Gasteiger partial charge in [-0.2, -0.15) is 0 Å². The molecule has 0 aliphatic carbocycles. The summed E-state index contributed by atoms with van der Waals surface area (Å²) in [6, 6.07) is -0.716. The van der Waals surface area contributed by atoms with Gasteiger partial charge in [-0.25, -0.2) is 0 Å². The summed E-state index contributed by atoms with van der Waals surface area (Å²) in [7, 11) is 1.76. The molecule has 6 heteroatoms. The Morgan fingerprint density at radius 2 is 1.84 bits per heavy atom. The number of rotatable bonds is 5. The molecular weight excluding hydrogens is 246 g/mol. The Labute approximate surface area is 115 Å². The summed E-state index contributed by atoms with van der Waals surface area (Å²) in [5.41, 5.74) is 0. The molecule has 2 unspecified atom stereocenters. The number of carbonyl (C=O) groups is 2. The highest BCUT2D eigenvalue weighted by Gasteiger charge is 2.25. The molecular formula is C13H25N3O3. The average Bonchev–Trinajstić information content (AvgIpc) is 2.45. The summed E-state index contributed by atoms with van der Waals surface area (Å²) in [4.78, 5) is 27.5. The highest BCUT2D eigenvalue weighted by molar-refractivity contribution is 5.84. The first-order chi connectivity index (χ1) is 8.97. The van der Waals surface area contributed by atoms with Crippen molar-refractivity contribution in [1.82, 2.24) is 15.1 Å². The fourth-order valence-corrected chi connectivity index (χ4v) is 2.06. The van der Waals surface area contributed by atoms with Crippen molar-refractivity contribution in [2.75, 3.05) is 39.9 Å². The molecule has 19 heavy (non-hydrogen) atoms. The van der Waals surface area contributed by atoms with Crippen LogP contribution in [0, 0.1) is 0 Å². The lowest BCUT2D eigenvalue weighted by Crippen LogP contribution is -2.54. The second-order valence-corrected chi connectivity index (χ2v) is 4.90. The average molecular weight is 271 g/mol. The molecule has 2 atom stereocenters. The van der Waals surface area contributed by atoms with Gasteiger partial charge in [0, 0.05) is 26.7 Å². The molecule has 1 fully saturated rings. The van der Waals surface area contributed by atoms with Crippen molar-refractivity contribution in [2.45, 2.75) is 32.9 Å². The van der Waals surface area contributed by atoms with E-state index in [1.165, 1.54) is 0 Å². The van der Waals surface area contributed by atoms with Crippen LogP contribution < -0.4 is 5.32 Å². The van der Waals surface area contributed by atoms with Gasteiger partial charge in [-0.15, -0.1) is 0 Å². The van der Waals surface area contributed by atoms with Gasteiger partial charge in [0.15, 0.2) is 0 Å². The number of amides is 2. The quantitative estimate of drug-likeness (QED) is 0.745. The standard InChI is InChI=1S/C13H25N3O3/c1-5-15(4)12(17)10(2)14-11(3)13(18)16-6-8-19-9-7-16/h10-11,14H,5-9H2,1-4H3. The molecule has 0 bridgehead atoms. The number of hydrogen-bond acceptors (Lipinski definition) is 4. The van der Waals surface area contributed by atoms with E-state index in [9.17, 15) is 9.59 Å². The molecule has 110 valence electrons. The molecule has 1 aliphatic heterocycles. The summed E-state index contributed by atoms with van der Waals surface area (Å²) in [5, 5.41) is 3.07. The fraction of sp³-hybridized carbons (Fsp3) is 0.846. The molecule has 0 aromatic heterocycles. The van der Waals surface area contributed by atoms with Crippen molar-refractivity contribution >= 4 is 11.8 Å². The number of nitrogens with zero attached hydrogens (tertiary/aromatic N) is 2. The van der Waals surface area contributed by atoms with Crippen LogP contribution in [0.2, 0.25) is 0 Å². The first-order valence-electron chi connectivity index (χ1n) is 6.85. The maximum Gasteiger partial charge on any atom is 0.239 e. The van der Waals surface area contributed by atoms with Gasteiger partial charge in [-0.05, 0) is 20.8 Å². The van der Waals surface area contributed by atoms with Crippen LogP contribution in [0.15, 0.2) is 0 Å². The second-order valence-electron chi connectivity index (χ2n) is 4.90. The van der Waals surface area contributed by atoms with Crippen LogP contribution in [-0.2, 0) is 14.3 Å². The number of ether oxygens (including phenoxy) is 1. The van der Waals surface area contributed by atoms with Crippen LogP contribution >= 0.6 is 0 Å². The Balaban J connectivity index is 2.46. The molecule has 2 amide bonds. The highest BCUT2D eigenvalue weighted by atomic mass is 16.5. The summed E-state index contributed by atoms with van der Waals surface area (Å²) in [5.74, 6) is 0.0335. The number of morpholine rings is 1.